The highest BCUT2D eigenvalue weighted by Gasteiger charge is 2.11. The van der Waals surface area contributed by atoms with E-state index in [1.807, 2.05) is 29.2 Å². The fourth-order valence-electron chi connectivity index (χ4n) is 2.90. The van der Waals surface area contributed by atoms with E-state index in [1.165, 1.54) is 10.8 Å². The number of H-pyrrole nitrogens is 1. The van der Waals surface area contributed by atoms with Crippen LogP contribution in [0.2, 0.25) is 0 Å². The van der Waals surface area contributed by atoms with Gasteiger partial charge in [-0.2, -0.15) is 5.10 Å². The second-order valence-corrected chi connectivity index (χ2v) is 7.17. The Bertz CT molecular complexity index is 1110. The summed E-state index contributed by atoms with van der Waals surface area (Å²) in [5.74, 6) is 0. The minimum Gasteiger partial charge on any atom is -0.360 e. The van der Waals surface area contributed by atoms with Crippen molar-refractivity contribution >= 4 is 28.3 Å². The molecule has 1 N–H and O–H groups in total. The topological polar surface area (TPSA) is 45.4 Å². The lowest BCUT2D eigenvalue weighted by molar-refractivity contribution is 0.755. The lowest BCUT2D eigenvalue weighted by Gasteiger charge is -2.07. The third-order valence-electron chi connectivity index (χ3n) is 4.05. The molecular weight excluding hydrogens is 340 g/mol. The average Bonchev–Trinajstić information content (AvgIpc) is 3.29. The van der Waals surface area contributed by atoms with Crippen LogP contribution in [0.3, 0.4) is 0 Å². The molecule has 4 nitrogen and oxygen atoms in total. The molecule has 2 aromatic heterocycles. The molecule has 4 rings (SSSR count). The number of aromatic nitrogens is 2. The van der Waals surface area contributed by atoms with Crippen molar-refractivity contribution < 1.29 is 0 Å². The van der Waals surface area contributed by atoms with E-state index in [-0.39, 0.29) is 6.04 Å². The quantitative estimate of drug-likeness (QED) is 0.504. The zero-order valence-electron chi connectivity index (χ0n) is 14.8. The van der Waals surface area contributed by atoms with Crippen LogP contribution in [0.25, 0.3) is 22.0 Å². The van der Waals surface area contributed by atoms with Gasteiger partial charge in [-0.3, -0.25) is 4.99 Å². The van der Waals surface area contributed by atoms with Crippen LogP contribution >= 0.6 is 11.3 Å². The molecule has 0 fully saturated rings. The van der Waals surface area contributed by atoms with E-state index in [2.05, 4.69) is 66.7 Å². The van der Waals surface area contributed by atoms with Crippen LogP contribution in [0.4, 0.5) is 0 Å². The number of benzene rings is 2. The summed E-state index contributed by atoms with van der Waals surface area (Å²) in [5, 5.41) is 9.29. The Labute approximate surface area is 156 Å². The lowest BCUT2D eigenvalue weighted by Crippen LogP contribution is -2.14. The molecule has 130 valence electrons. The number of nitrogens with one attached hydrogen (secondary N) is 1. The van der Waals surface area contributed by atoms with E-state index < -0.39 is 0 Å². The van der Waals surface area contributed by atoms with E-state index in [1.54, 1.807) is 11.3 Å². The molecule has 0 saturated carbocycles. The van der Waals surface area contributed by atoms with Crippen molar-refractivity contribution in [2.45, 2.75) is 19.9 Å². The van der Waals surface area contributed by atoms with Crippen molar-refractivity contribution in [2.24, 2.45) is 10.1 Å². The number of fused-ring (bicyclic) bond motifs is 1. The second kappa shape index (κ2) is 7.14. The Morgan fingerprint density at radius 2 is 1.88 bits per heavy atom. The summed E-state index contributed by atoms with van der Waals surface area (Å²) in [6.07, 6.45) is 3.73. The average molecular weight is 360 g/mol. The van der Waals surface area contributed by atoms with Gasteiger partial charge in [-0.05, 0) is 36.8 Å². The van der Waals surface area contributed by atoms with Crippen LogP contribution in [-0.4, -0.2) is 21.9 Å². The van der Waals surface area contributed by atoms with E-state index in [0.29, 0.717) is 0 Å². The first kappa shape index (κ1) is 16.5. The van der Waals surface area contributed by atoms with E-state index in [0.717, 1.165) is 21.8 Å². The maximum Gasteiger partial charge on any atom is 0.206 e. The first-order chi connectivity index (χ1) is 12.7. The van der Waals surface area contributed by atoms with E-state index in [9.17, 15) is 0 Å². The van der Waals surface area contributed by atoms with Gasteiger partial charge in [-0.1, -0.05) is 42.5 Å². The summed E-state index contributed by atoms with van der Waals surface area (Å²) in [6.45, 7) is 4.16. The molecule has 4 aromatic rings. The second-order valence-electron chi connectivity index (χ2n) is 6.33. The normalized spacial score (nSPS) is 12.7. The highest BCUT2D eigenvalue weighted by Crippen LogP contribution is 2.29. The number of hydrogen-bond acceptors (Lipinski definition) is 3. The van der Waals surface area contributed by atoms with Crippen molar-refractivity contribution in [2.75, 3.05) is 0 Å². The lowest BCUT2D eigenvalue weighted by atomic mass is 10.0. The summed E-state index contributed by atoms with van der Waals surface area (Å²) in [6, 6.07) is 19.0. The third kappa shape index (κ3) is 3.26. The van der Waals surface area contributed by atoms with Gasteiger partial charge in [0.1, 0.15) is 0 Å². The molecule has 0 saturated heterocycles. The van der Waals surface area contributed by atoms with Crippen molar-refractivity contribution in [3.63, 3.8) is 0 Å². The smallest absolute Gasteiger partial charge is 0.206 e. The number of nitrogens with zero attached hydrogens (tertiary/aromatic N) is 3. The summed E-state index contributed by atoms with van der Waals surface area (Å²) < 4.78 is 1.94. The predicted octanol–water partition coefficient (Wildman–Crippen LogP) is 4.89. The Morgan fingerprint density at radius 1 is 1.04 bits per heavy atom. The molecule has 0 bridgehead atoms. The predicted molar refractivity (Wildman–Crippen MR) is 110 cm³/mol. The summed E-state index contributed by atoms with van der Waals surface area (Å²) >= 11 is 1.62. The van der Waals surface area contributed by atoms with Gasteiger partial charge in [0.25, 0.3) is 0 Å². The maximum atomic E-state index is 4.74. The van der Waals surface area contributed by atoms with Crippen LogP contribution < -0.4 is 4.80 Å². The van der Waals surface area contributed by atoms with Crippen LogP contribution in [0.1, 0.15) is 19.5 Å². The zero-order chi connectivity index (χ0) is 17.9. The van der Waals surface area contributed by atoms with Gasteiger partial charge in [0.15, 0.2) is 0 Å². The van der Waals surface area contributed by atoms with Gasteiger partial charge < -0.3 is 4.98 Å². The summed E-state index contributed by atoms with van der Waals surface area (Å²) in [7, 11) is 0. The van der Waals surface area contributed by atoms with Crippen molar-refractivity contribution in [1.29, 1.82) is 0 Å². The van der Waals surface area contributed by atoms with Crippen LogP contribution in [0, 0.1) is 0 Å². The molecule has 26 heavy (non-hydrogen) atoms. The minimum absolute atomic E-state index is 0.209. The molecule has 0 radical (unpaired) electrons. The molecule has 0 aliphatic carbocycles. The van der Waals surface area contributed by atoms with E-state index >= 15 is 0 Å². The maximum absolute atomic E-state index is 4.74. The molecule has 0 spiro atoms. The zero-order valence-corrected chi connectivity index (χ0v) is 15.6. The Kier molecular flexibility index (Phi) is 4.54. The molecule has 5 heteroatoms. The number of hydrogen-bond donors (Lipinski definition) is 1. The molecule has 2 aromatic carbocycles. The number of rotatable bonds is 4. The fraction of sp³-hybridized carbons (Fsp3) is 0.143. The SMILES string of the molecule is CC(C)N=c1scc(-c2cccc3ccccc23)n1N=Cc1ccc[nH]1. The van der Waals surface area contributed by atoms with Crippen LogP contribution in [0.5, 0.6) is 0 Å². The molecular formula is C21H20N4S. The third-order valence-corrected chi connectivity index (χ3v) is 4.88. The van der Waals surface area contributed by atoms with Gasteiger partial charge in [-0.25, -0.2) is 4.68 Å². The number of aromatic amines is 1. The standard InChI is InChI=1S/C21H20N4S/c1-15(2)24-21-25(23-13-17-9-6-12-22-17)20(14-26-21)19-11-5-8-16-7-3-4-10-18(16)19/h3-15,22H,1-2H3. The van der Waals surface area contributed by atoms with Gasteiger partial charge in [0.05, 0.1) is 17.6 Å². The number of thiazole rings is 1. The van der Waals surface area contributed by atoms with Crippen LogP contribution in [-0.2, 0) is 0 Å². The molecule has 0 aliphatic rings. The first-order valence-corrected chi connectivity index (χ1v) is 9.50. The first-order valence-electron chi connectivity index (χ1n) is 8.62. The van der Waals surface area contributed by atoms with Gasteiger partial charge >= 0.3 is 0 Å². The molecule has 0 unspecified atom stereocenters. The van der Waals surface area contributed by atoms with Gasteiger partial charge in [0, 0.05) is 23.2 Å². The molecule has 0 aliphatic heterocycles. The van der Waals surface area contributed by atoms with Gasteiger partial charge in [-0.15, -0.1) is 11.3 Å². The Morgan fingerprint density at radius 3 is 2.69 bits per heavy atom. The summed E-state index contributed by atoms with van der Waals surface area (Å²) in [4.78, 5) is 8.80. The largest absolute Gasteiger partial charge is 0.360 e. The highest BCUT2D eigenvalue weighted by molar-refractivity contribution is 7.07. The minimum atomic E-state index is 0.209. The highest BCUT2D eigenvalue weighted by atomic mass is 32.1. The van der Waals surface area contributed by atoms with Crippen molar-refractivity contribution in [3.8, 4) is 11.3 Å². The van der Waals surface area contributed by atoms with Gasteiger partial charge in [0.2, 0.25) is 4.80 Å². The Balaban J connectivity index is 1.92. The molecule has 0 amide bonds. The monoisotopic (exact) mass is 360 g/mol. The molecule has 2 heterocycles. The molecule has 0 atom stereocenters. The van der Waals surface area contributed by atoms with Crippen molar-refractivity contribution in [3.05, 3.63) is 76.7 Å². The van der Waals surface area contributed by atoms with Crippen molar-refractivity contribution in [1.82, 2.24) is 9.66 Å². The Hall–Kier alpha value is -2.92. The van der Waals surface area contributed by atoms with E-state index in [4.69, 9.17) is 10.1 Å². The van der Waals surface area contributed by atoms with Crippen LogP contribution in [0.15, 0.2) is 76.3 Å². The fourth-order valence-corrected chi connectivity index (χ4v) is 3.86. The summed E-state index contributed by atoms with van der Waals surface area (Å²) in [5.41, 5.74) is 3.17.